The zero-order valence-corrected chi connectivity index (χ0v) is 9.45. The van der Waals surface area contributed by atoms with Crippen molar-refractivity contribution in [1.82, 2.24) is 0 Å². The van der Waals surface area contributed by atoms with Crippen molar-refractivity contribution in [3.05, 3.63) is 58.5 Å². The van der Waals surface area contributed by atoms with Crippen molar-refractivity contribution in [2.24, 2.45) is 5.18 Å². The summed E-state index contributed by atoms with van der Waals surface area (Å²) in [4.78, 5) is 10.4. The van der Waals surface area contributed by atoms with E-state index in [9.17, 15) is 10.0 Å². The van der Waals surface area contributed by atoms with E-state index in [4.69, 9.17) is 5.11 Å². The molecule has 0 atom stereocenters. The molecule has 18 heavy (non-hydrogen) atoms. The summed E-state index contributed by atoms with van der Waals surface area (Å²) in [7, 11) is 0. The van der Waals surface area contributed by atoms with Crippen LogP contribution in [0.25, 0.3) is 12.2 Å². The van der Waals surface area contributed by atoms with Gasteiger partial charge < -0.3 is 10.2 Å². The van der Waals surface area contributed by atoms with Gasteiger partial charge in [0.05, 0.1) is 0 Å². The number of phenols is 2. The second-order valence-electron chi connectivity index (χ2n) is 3.80. The van der Waals surface area contributed by atoms with E-state index in [1.165, 1.54) is 12.1 Å². The van der Waals surface area contributed by atoms with Crippen LogP contribution in [0.3, 0.4) is 0 Å². The first-order valence-corrected chi connectivity index (χ1v) is 5.32. The number of rotatable bonds is 3. The third-order valence-electron chi connectivity index (χ3n) is 2.39. The molecule has 0 saturated carbocycles. The highest BCUT2D eigenvalue weighted by Gasteiger charge is 1.98. The van der Waals surface area contributed by atoms with Crippen LogP contribution in [0.2, 0.25) is 0 Å². The predicted octanol–water partition coefficient (Wildman–Crippen LogP) is 3.67. The van der Waals surface area contributed by atoms with E-state index in [2.05, 4.69) is 5.18 Å². The zero-order chi connectivity index (χ0) is 13.0. The minimum Gasteiger partial charge on any atom is -0.508 e. The first kappa shape index (κ1) is 11.9. The maximum absolute atomic E-state index is 10.4. The lowest BCUT2D eigenvalue weighted by atomic mass is 10.1. The molecule has 2 aromatic carbocycles. The Labute approximate surface area is 104 Å². The average Bonchev–Trinajstić information content (AvgIpc) is 2.37. The van der Waals surface area contributed by atoms with Gasteiger partial charge in [0.15, 0.2) is 0 Å². The lowest BCUT2D eigenvalue weighted by molar-refractivity contribution is 0.475. The van der Waals surface area contributed by atoms with Gasteiger partial charge in [-0.05, 0) is 40.6 Å². The molecule has 2 aromatic rings. The van der Waals surface area contributed by atoms with Crippen molar-refractivity contribution in [1.29, 1.82) is 0 Å². The highest BCUT2D eigenvalue weighted by atomic mass is 16.3. The summed E-state index contributed by atoms with van der Waals surface area (Å²) < 4.78 is 0. The monoisotopic (exact) mass is 241 g/mol. The van der Waals surface area contributed by atoms with Gasteiger partial charge in [0.1, 0.15) is 17.2 Å². The van der Waals surface area contributed by atoms with E-state index in [0.717, 1.165) is 5.56 Å². The van der Waals surface area contributed by atoms with Gasteiger partial charge in [0.25, 0.3) is 0 Å². The molecule has 0 aromatic heterocycles. The summed E-state index contributed by atoms with van der Waals surface area (Å²) in [5.41, 5.74) is 1.76. The van der Waals surface area contributed by atoms with Crippen LogP contribution in [0.5, 0.6) is 11.5 Å². The molecule has 0 aliphatic heterocycles. The molecule has 0 saturated heterocycles. The van der Waals surface area contributed by atoms with Crippen molar-refractivity contribution in [2.75, 3.05) is 0 Å². The van der Waals surface area contributed by atoms with Gasteiger partial charge in [-0.25, -0.2) is 0 Å². The van der Waals surface area contributed by atoms with Crippen molar-refractivity contribution >= 4 is 17.8 Å². The van der Waals surface area contributed by atoms with E-state index in [-0.39, 0.29) is 17.2 Å². The molecular formula is C14H11NO3. The largest absolute Gasteiger partial charge is 0.508 e. The average molecular weight is 241 g/mol. The standard InChI is InChI=1S/C14H11NO3/c16-13-5-3-10(4-6-13)1-2-11-7-12(15-18)9-14(17)8-11/h1-9,16-17H/b2-1+. The van der Waals surface area contributed by atoms with Gasteiger partial charge in [-0.2, -0.15) is 0 Å². The Morgan fingerprint density at radius 3 is 2.17 bits per heavy atom. The predicted molar refractivity (Wildman–Crippen MR) is 70.6 cm³/mol. The zero-order valence-electron chi connectivity index (χ0n) is 9.45. The molecule has 0 spiro atoms. The number of benzene rings is 2. The highest BCUT2D eigenvalue weighted by molar-refractivity contribution is 5.72. The Bertz CT molecular complexity index is 588. The van der Waals surface area contributed by atoms with Gasteiger partial charge in [0, 0.05) is 6.07 Å². The number of hydrogen-bond donors (Lipinski definition) is 2. The van der Waals surface area contributed by atoms with Gasteiger partial charge >= 0.3 is 0 Å². The Morgan fingerprint density at radius 1 is 0.833 bits per heavy atom. The molecular weight excluding hydrogens is 230 g/mol. The molecule has 2 N–H and O–H groups in total. The summed E-state index contributed by atoms with van der Waals surface area (Å²) in [6.45, 7) is 0. The molecule has 90 valence electrons. The van der Waals surface area contributed by atoms with Gasteiger partial charge in [-0.3, -0.25) is 0 Å². The van der Waals surface area contributed by atoms with Gasteiger partial charge in [-0.15, -0.1) is 4.91 Å². The summed E-state index contributed by atoms with van der Waals surface area (Å²) in [5.74, 6) is 0.203. The molecule has 0 aliphatic carbocycles. The van der Waals surface area contributed by atoms with Crippen LogP contribution < -0.4 is 0 Å². The number of phenolic OH excluding ortho intramolecular Hbond substituents is 2. The fourth-order valence-electron chi connectivity index (χ4n) is 1.54. The number of nitrogens with zero attached hydrogens (tertiary/aromatic N) is 1. The molecule has 0 radical (unpaired) electrons. The quantitative estimate of drug-likeness (QED) is 0.636. The number of aromatic hydroxyl groups is 2. The fraction of sp³-hybridized carbons (Fsp3) is 0. The maximum atomic E-state index is 10.4. The molecule has 4 heteroatoms. The van der Waals surface area contributed by atoms with E-state index >= 15 is 0 Å². The molecule has 0 fully saturated rings. The van der Waals surface area contributed by atoms with E-state index < -0.39 is 0 Å². The normalized spacial score (nSPS) is 10.7. The molecule has 0 bridgehead atoms. The van der Waals surface area contributed by atoms with Gasteiger partial charge in [-0.1, -0.05) is 24.3 Å². The Kier molecular flexibility index (Phi) is 3.38. The molecule has 0 heterocycles. The SMILES string of the molecule is O=Nc1cc(O)cc(/C=C/c2ccc(O)cc2)c1. The minimum absolute atomic E-state index is 0.00236. The van der Waals surface area contributed by atoms with E-state index in [0.29, 0.717) is 5.56 Å². The first-order valence-electron chi connectivity index (χ1n) is 5.32. The first-order chi connectivity index (χ1) is 8.67. The van der Waals surface area contributed by atoms with Crippen molar-refractivity contribution in [2.45, 2.75) is 0 Å². The van der Waals surface area contributed by atoms with Crippen LogP contribution in [-0.4, -0.2) is 10.2 Å². The summed E-state index contributed by atoms with van der Waals surface area (Å²) in [5, 5.41) is 21.3. The highest BCUT2D eigenvalue weighted by Crippen LogP contribution is 2.23. The Balaban J connectivity index is 2.25. The third kappa shape index (κ3) is 2.95. The lowest BCUT2D eigenvalue weighted by Crippen LogP contribution is -1.74. The third-order valence-corrected chi connectivity index (χ3v) is 2.39. The van der Waals surface area contributed by atoms with Crippen LogP contribution in [0.15, 0.2) is 47.6 Å². The number of hydrogen-bond acceptors (Lipinski definition) is 4. The molecule has 2 rings (SSSR count). The van der Waals surface area contributed by atoms with Crippen molar-refractivity contribution in [3.63, 3.8) is 0 Å². The second-order valence-corrected chi connectivity index (χ2v) is 3.80. The van der Waals surface area contributed by atoms with Gasteiger partial charge in [0.2, 0.25) is 0 Å². The lowest BCUT2D eigenvalue weighted by Gasteiger charge is -1.98. The second kappa shape index (κ2) is 5.14. The Morgan fingerprint density at radius 2 is 1.50 bits per heavy atom. The Hall–Kier alpha value is -2.62. The molecule has 0 aliphatic rings. The van der Waals surface area contributed by atoms with Crippen molar-refractivity contribution < 1.29 is 10.2 Å². The maximum Gasteiger partial charge on any atom is 0.118 e. The van der Waals surface area contributed by atoms with E-state index in [1.807, 2.05) is 6.08 Å². The summed E-state index contributed by atoms with van der Waals surface area (Å²) in [6, 6.07) is 11.1. The number of nitroso groups, excluding NO2 is 1. The minimum atomic E-state index is -0.00236. The topological polar surface area (TPSA) is 69.9 Å². The summed E-state index contributed by atoms with van der Waals surface area (Å²) in [6.07, 6.45) is 3.56. The van der Waals surface area contributed by atoms with Crippen LogP contribution in [0, 0.1) is 4.91 Å². The molecule has 4 nitrogen and oxygen atoms in total. The van der Waals surface area contributed by atoms with Crippen LogP contribution in [0.4, 0.5) is 5.69 Å². The summed E-state index contributed by atoms with van der Waals surface area (Å²) >= 11 is 0. The van der Waals surface area contributed by atoms with Crippen LogP contribution in [0.1, 0.15) is 11.1 Å². The fourth-order valence-corrected chi connectivity index (χ4v) is 1.54. The van der Waals surface area contributed by atoms with E-state index in [1.54, 1.807) is 36.4 Å². The smallest absolute Gasteiger partial charge is 0.118 e. The van der Waals surface area contributed by atoms with Crippen molar-refractivity contribution in [3.8, 4) is 11.5 Å². The molecule has 0 unspecified atom stereocenters. The van der Waals surface area contributed by atoms with Crippen LogP contribution >= 0.6 is 0 Å². The van der Waals surface area contributed by atoms with Crippen LogP contribution in [-0.2, 0) is 0 Å². The molecule has 0 amide bonds.